The average molecular weight is 141 g/mol. The van der Waals surface area contributed by atoms with E-state index in [1.54, 1.807) is 0 Å². The van der Waals surface area contributed by atoms with E-state index in [2.05, 4.69) is 5.32 Å². The number of hydrogen-bond acceptors (Lipinski definition) is 2. The number of hydrogen-bond donors (Lipinski definition) is 2. The van der Waals surface area contributed by atoms with Crippen molar-refractivity contribution in [3.63, 3.8) is 0 Å². The summed E-state index contributed by atoms with van der Waals surface area (Å²) in [7, 11) is 0. The van der Waals surface area contributed by atoms with Crippen LogP contribution < -0.4 is 5.32 Å². The van der Waals surface area contributed by atoms with E-state index in [1.807, 2.05) is 0 Å². The molecule has 1 saturated heterocycles. The van der Waals surface area contributed by atoms with Crippen molar-refractivity contribution in [3.05, 3.63) is 0 Å². The Hall–Kier alpha value is -0.570. The highest BCUT2D eigenvalue weighted by Crippen LogP contribution is 2.55. The summed E-state index contributed by atoms with van der Waals surface area (Å²) in [5.74, 6) is -0.129. The molecule has 56 valence electrons. The third-order valence-corrected chi connectivity index (χ3v) is 2.77. The Balaban J connectivity index is 2.12. The molecule has 0 amide bonds. The topological polar surface area (TPSA) is 49.3 Å². The molecule has 2 atom stereocenters. The molecule has 1 saturated carbocycles. The molecule has 2 fully saturated rings. The summed E-state index contributed by atoms with van der Waals surface area (Å²) in [6.45, 7) is 1.69. The highest BCUT2D eigenvalue weighted by atomic mass is 16.4. The van der Waals surface area contributed by atoms with Gasteiger partial charge in [0.05, 0.1) is 5.41 Å². The maximum Gasteiger partial charge on any atom is 0.311 e. The molecule has 0 radical (unpaired) electrons. The largest absolute Gasteiger partial charge is 0.481 e. The summed E-state index contributed by atoms with van der Waals surface area (Å²) >= 11 is 0. The molecule has 2 unspecified atom stereocenters. The smallest absolute Gasteiger partial charge is 0.311 e. The van der Waals surface area contributed by atoms with Crippen molar-refractivity contribution in [1.29, 1.82) is 0 Å². The first-order valence-electron chi connectivity index (χ1n) is 3.70. The molecule has 10 heavy (non-hydrogen) atoms. The van der Waals surface area contributed by atoms with E-state index in [4.69, 9.17) is 5.11 Å². The highest BCUT2D eigenvalue weighted by Gasteiger charge is 2.60. The molecule has 0 aromatic heterocycles. The van der Waals surface area contributed by atoms with Gasteiger partial charge in [0.1, 0.15) is 0 Å². The quantitative estimate of drug-likeness (QED) is 0.543. The molecule has 2 rings (SSSR count). The van der Waals surface area contributed by atoms with Crippen LogP contribution in [-0.2, 0) is 4.79 Å². The fourth-order valence-electron chi connectivity index (χ4n) is 1.90. The zero-order valence-electron chi connectivity index (χ0n) is 5.76. The minimum atomic E-state index is -0.607. The van der Waals surface area contributed by atoms with Gasteiger partial charge >= 0.3 is 5.97 Å². The van der Waals surface area contributed by atoms with Crippen LogP contribution in [0.15, 0.2) is 0 Å². The first kappa shape index (κ1) is 6.16. The zero-order valence-corrected chi connectivity index (χ0v) is 5.76. The van der Waals surface area contributed by atoms with Gasteiger partial charge < -0.3 is 10.4 Å². The number of rotatable bonds is 1. The molecule has 1 aliphatic heterocycles. The molecule has 1 heterocycles. The van der Waals surface area contributed by atoms with Gasteiger partial charge in [0.2, 0.25) is 0 Å². The highest BCUT2D eigenvalue weighted by molar-refractivity contribution is 5.79. The van der Waals surface area contributed by atoms with Crippen molar-refractivity contribution in [1.82, 2.24) is 5.32 Å². The fraction of sp³-hybridized carbons (Fsp3) is 0.857. The van der Waals surface area contributed by atoms with E-state index in [9.17, 15) is 4.79 Å². The molecule has 3 heteroatoms. The van der Waals surface area contributed by atoms with Crippen molar-refractivity contribution < 1.29 is 9.90 Å². The SMILES string of the molecule is O=C(O)C12CNCCC1C2. The number of carboxylic acids is 1. The van der Waals surface area contributed by atoms with Crippen LogP contribution in [0.1, 0.15) is 12.8 Å². The maximum atomic E-state index is 10.7. The normalized spacial score (nSPS) is 44.2. The number of aliphatic carboxylic acids is 1. The first-order chi connectivity index (χ1) is 4.76. The molecule has 2 N–H and O–H groups in total. The van der Waals surface area contributed by atoms with Gasteiger partial charge in [-0.15, -0.1) is 0 Å². The van der Waals surface area contributed by atoms with Gasteiger partial charge in [-0.25, -0.2) is 0 Å². The lowest BCUT2D eigenvalue weighted by Crippen LogP contribution is -2.36. The predicted octanol–water partition coefficient (Wildman–Crippen LogP) is 0.0706. The monoisotopic (exact) mass is 141 g/mol. The maximum absolute atomic E-state index is 10.7. The van der Waals surface area contributed by atoms with E-state index in [1.165, 1.54) is 0 Å². The number of piperidine rings is 1. The Labute approximate surface area is 59.4 Å². The van der Waals surface area contributed by atoms with Crippen molar-refractivity contribution in [2.75, 3.05) is 13.1 Å². The summed E-state index contributed by atoms with van der Waals surface area (Å²) in [6.07, 6.45) is 1.95. The molecular weight excluding hydrogens is 130 g/mol. The van der Waals surface area contributed by atoms with E-state index >= 15 is 0 Å². The van der Waals surface area contributed by atoms with Crippen LogP contribution in [0.3, 0.4) is 0 Å². The van der Waals surface area contributed by atoms with Crippen molar-refractivity contribution in [3.8, 4) is 0 Å². The lowest BCUT2D eigenvalue weighted by atomic mass is 9.99. The molecule has 0 aromatic rings. The standard InChI is InChI=1S/C7H11NO2/c9-6(10)7-3-5(7)1-2-8-4-7/h5,8H,1-4H2,(H,9,10). The van der Waals surface area contributed by atoms with Crippen LogP contribution in [0.4, 0.5) is 0 Å². The Morgan fingerprint density at radius 1 is 1.70 bits per heavy atom. The van der Waals surface area contributed by atoms with Crippen LogP contribution in [0.5, 0.6) is 0 Å². The van der Waals surface area contributed by atoms with Gasteiger partial charge in [-0.3, -0.25) is 4.79 Å². The summed E-state index contributed by atoms with van der Waals surface area (Å²) in [6, 6.07) is 0. The Kier molecular flexibility index (Phi) is 1.06. The second-order valence-corrected chi connectivity index (χ2v) is 3.33. The van der Waals surface area contributed by atoms with Gasteiger partial charge in [-0.05, 0) is 25.3 Å². The lowest BCUT2D eigenvalue weighted by Gasteiger charge is -2.18. The Morgan fingerprint density at radius 2 is 2.50 bits per heavy atom. The zero-order chi connectivity index (χ0) is 7.19. The molecule has 1 aliphatic carbocycles. The number of nitrogens with one attached hydrogen (secondary N) is 1. The van der Waals surface area contributed by atoms with E-state index in [0.29, 0.717) is 12.5 Å². The Morgan fingerprint density at radius 3 is 3.00 bits per heavy atom. The average Bonchev–Trinajstić information content (AvgIpc) is 2.61. The van der Waals surface area contributed by atoms with Gasteiger partial charge in [0.25, 0.3) is 0 Å². The third kappa shape index (κ3) is 0.611. The molecule has 0 spiro atoms. The summed E-state index contributed by atoms with van der Waals surface area (Å²) in [4.78, 5) is 10.7. The van der Waals surface area contributed by atoms with Crippen LogP contribution in [0.25, 0.3) is 0 Å². The van der Waals surface area contributed by atoms with E-state index in [-0.39, 0.29) is 5.41 Å². The summed E-state index contributed by atoms with van der Waals surface area (Å²) in [5.41, 5.74) is -0.349. The minimum absolute atomic E-state index is 0.349. The van der Waals surface area contributed by atoms with E-state index in [0.717, 1.165) is 19.4 Å². The Bertz CT molecular complexity index is 180. The molecule has 0 bridgehead atoms. The van der Waals surface area contributed by atoms with Crippen LogP contribution in [-0.4, -0.2) is 24.2 Å². The van der Waals surface area contributed by atoms with Crippen molar-refractivity contribution in [2.24, 2.45) is 11.3 Å². The van der Waals surface area contributed by atoms with Crippen LogP contribution in [0.2, 0.25) is 0 Å². The van der Waals surface area contributed by atoms with Gasteiger partial charge in [-0.1, -0.05) is 0 Å². The van der Waals surface area contributed by atoms with Crippen molar-refractivity contribution in [2.45, 2.75) is 12.8 Å². The third-order valence-electron chi connectivity index (χ3n) is 2.77. The lowest BCUT2D eigenvalue weighted by molar-refractivity contribution is -0.144. The van der Waals surface area contributed by atoms with Crippen LogP contribution in [0, 0.1) is 11.3 Å². The fourth-order valence-corrected chi connectivity index (χ4v) is 1.90. The molecule has 3 nitrogen and oxygen atoms in total. The minimum Gasteiger partial charge on any atom is -0.481 e. The molecule has 2 aliphatic rings. The summed E-state index contributed by atoms with van der Waals surface area (Å²) < 4.78 is 0. The van der Waals surface area contributed by atoms with E-state index < -0.39 is 5.97 Å². The van der Waals surface area contributed by atoms with Gasteiger partial charge in [-0.2, -0.15) is 0 Å². The van der Waals surface area contributed by atoms with Gasteiger partial charge in [0.15, 0.2) is 0 Å². The summed E-state index contributed by atoms with van der Waals surface area (Å²) in [5, 5.41) is 11.9. The number of fused-ring (bicyclic) bond motifs is 1. The number of carboxylic acid groups (broad SMARTS) is 1. The second-order valence-electron chi connectivity index (χ2n) is 3.33. The van der Waals surface area contributed by atoms with Crippen molar-refractivity contribution >= 4 is 5.97 Å². The molecule has 0 aromatic carbocycles. The van der Waals surface area contributed by atoms with Gasteiger partial charge in [0, 0.05) is 6.54 Å². The molecular formula is C7H11NO2. The predicted molar refractivity (Wildman–Crippen MR) is 35.7 cm³/mol. The first-order valence-corrected chi connectivity index (χ1v) is 3.70. The van der Waals surface area contributed by atoms with Crippen LogP contribution >= 0.6 is 0 Å². The number of carbonyl (C=O) groups is 1. The second kappa shape index (κ2) is 1.72.